The summed E-state index contributed by atoms with van der Waals surface area (Å²) < 4.78 is 29.7. The second kappa shape index (κ2) is 3.35. The Kier molecular flexibility index (Phi) is 2.62. The van der Waals surface area contributed by atoms with E-state index in [4.69, 9.17) is 4.74 Å². The standard InChI is InChI=1S/C7H11F2NO2/c1-5(11)10-7(6(8)9)2-3-12-4-7/h6H,2-4H2,1H3,(H,10,11). The van der Waals surface area contributed by atoms with E-state index in [9.17, 15) is 13.6 Å². The number of hydrogen-bond acceptors (Lipinski definition) is 2. The highest BCUT2D eigenvalue weighted by molar-refractivity contribution is 5.74. The highest BCUT2D eigenvalue weighted by atomic mass is 19.3. The van der Waals surface area contributed by atoms with Crippen LogP contribution in [0.4, 0.5) is 8.78 Å². The van der Waals surface area contributed by atoms with E-state index >= 15 is 0 Å². The number of amides is 1. The average Bonchev–Trinajstić information content (AvgIpc) is 2.35. The van der Waals surface area contributed by atoms with Crippen molar-refractivity contribution in [1.82, 2.24) is 5.32 Å². The van der Waals surface area contributed by atoms with E-state index in [2.05, 4.69) is 5.32 Å². The van der Waals surface area contributed by atoms with Crippen molar-refractivity contribution in [2.45, 2.75) is 25.3 Å². The lowest BCUT2D eigenvalue weighted by molar-refractivity contribution is -0.123. The van der Waals surface area contributed by atoms with Crippen LogP contribution in [0, 0.1) is 0 Å². The predicted octanol–water partition coefficient (Wildman–Crippen LogP) is 0.547. The number of halogens is 2. The summed E-state index contributed by atoms with van der Waals surface area (Å²) in [6.07, 6.45) is -2.38. The van der Waals surface area contributed by atoms with Gasteiger partial charge in [-0.25, -0.2) is 8.78 Å². The van der Waals surface area contributed by atoms with Crippen LogP contribution in [-0.2, 0) is 9.53 Å². The highest BCUT2D eigenvalue weighted by Gasteiger charge is 2.44. The molecule has 1 rings (SSSR count). The van der Waals surface area contributed by atoms with Gasteiger partial charge in [0, 0.05) is 20.0 Å². The molecule has 1 saturated heterocycles. The Bertz CT molecular complexity index is 178. The highest BCUT2D eigenvalue weighted by Crippen LogP contribution is 2.25. The van der Waals surface area contributed by atoms with Gasteiger partial charge in [-0.15, -0.1) is 0 Å². The van der Waals surface area contributed by atoms with Crippen LogP contribution in [0.2, 0.25) is 0 Å². The molecule has 5 heteroatoms. The molecule has 0 aromatic heterocycles. The summed E-state index contributed by atoms with van der Waals surface area (Å²) in [5.41, 5.74) is -1.44. The molecule has 0 aromatic carbocycles. The molecule has 1 aliphatic heterocycles. The van der Waals surface area contributed by atoms with Gasteiger partial charge in [-0.05, 0) is 0 Å². The minimum atomic E-state index is -2.57. The van der Waals surface area contributed by atoms with Crippen LogP contribution in [0.25, 0.3) is 0 Å². The average molecular weight is 179 g/mol. The fourth-order valence-corrected chi connectivity index (χ4v) is 1.26. The quantitative estimate of drug-likeness (QED) is 0.672. The minimum Gasteiger partial charge on any atom is -0.379 e. The van der Waals surface area contributed by atoms with Gasteiger partial charge in [-0.2, -0.15) is 0 Å². The first-order valence-electron chi connectivity index (χ1n) is 3.71. The van der Waals surface area contributed by atoms with Crippen LogP contribution in [0.3, 0.4) is 0 Å². The monoisotopic (exact) mass is 179 g/mol. The molecule has 0 spiro atoms. The van der Waals surface area contributed by atoms with Crippen molar-refractivity contribution in [2.24, 2.45) is 0 Å². The van der Waals surface area contributed by atoms with E-state index in [-0.39, 0.29) is 19.6 Å². The molecule has 1 atom stereocenters. The zero-order chi connectivity index (χ0) is 9.19. The van der Waals surface area contributed by atoms with Gasteiger partial charge in [0.15, 0.2) is 0 Å². The number of carbonyl (C=O) groups is 1. The van der Waals surface area contributed by atoms with Gasteiger partial charge in [0.25, 0.3) is 6.43 Å². The molecule has 70 valence electrons. The second-order valence-electron chi connectivity index (χ2n) is 2.94. The zero-order valence-corrected chi connectivity index (χ0v) is 6.77. The second-order valence-corrected chi connectivity index (χ2v) is 2.94. The minimum absolute atomic E-state index is 0.0930. The van der Waals surface area contributed by atoms with Crippen LogP contribution in [0.1, 0.15) is 13.3 Å². The zero-order valence-electron chi connectivity index (χ0n) is 6.77. The van der Waals surface area contributed by atoms with E-state index < -0.39 is 17.9 Å². The Labute approximate surface area is 69.1 Å². The SMILES string of the molecule is CC(=O)NC1(C(F)F)CCOC1. The number of nitrogens with one attached hydrogen (secondary N) is 1. The molecule has 0 aromatic rings. The molecule has 0 saturated carbocycles. The number of carbonyl (C=O) groups excluding carboxylic acids is 1. The number of hydrogen-bond donors (Lipinski definition) is 1. The van der Waals surface area contributed by atoms with Gasteiger partial charge in [0.1, 0.15) is 5.54 Å². The van der Waals surface area contributed by atoms with Crippen LogP contribution >= 0.6 is 0 Å². The first-order chi connectivity index (χ1) is 5.57. The van der Waals surface area contributed by atoms with Gasteiger partial charge in [0.05, 0.1) is 6.61 Å². The van der Waals surface area contributed by atoms with E-state index in [1.54, 1.807) is 0 Å². The molecule has 1 amide bonds. The fraction of sp³-hybridized carbons (Fsp3) is 0.857. The molecule has 1 heterocycles. The van der Waals surface area contributed by atoms with E-state index in [1.165, 1.54) is 6.92 Å². The van der Waals surface area contributed by atoms with Crippen LogP contribution in [-0.4, -0.2) is 31.1 Å². The summed E-state index contributed by atoms with van der Waals surface area (Å²) in [7, 11) is 0. The lowest BCUT2D eigenvalue weighted by Gasteiger charge is -2.26. The van der Waals surface area contributed by atoms with E-state index in [0.29, 0.717) is 0 Å². The van der Waals surface area contributed by atoms with Crippen molar-refractivity contribution < 1.29 is 18.3 Å². The fourth-order valence-electron chi connectivity index (χ4n) is 1.26. The maximum atomic E-state index is 12.5. The third kappa shape index (κ3) is 1.72. The van der Waals surface area contributed by atoms with Crippen LogP contribution < -0.4 is 5.32 Å². The van der Waals surface area contributed by atoms with Crippen LogP contribution in [0.15, 0.2) is 0 Å². The molecule has 1 unspecified atom stereocenters. The molecule has 3 nitrogen and oxygen atoms in total. The van der Waals surface area contributed by atoms with E-state index in [1.807, 2.05) is 0 Å². The maximum Gasteiger partial charge on any atom is 0.263 e. The number of alkyl halides is 2. The largest absolute Gasteiger partial charge is 0.379 e. The Hall–Kier alpha value is -0.710. The third-order valence-corrected chi connectivity index (χ3v) is 1.89. The Balaban J connectivity index is 2.65. The van der Waals surface area contributed by atoms with Crippen molar-refractivity contribution in [3.8, 4) is 0 Å². The summed E-state index contributed by atoms with van der Waals surface area (Å²) in [6, 6.07) is 0. The van der Waals surface area contributed by atoms with Crippen molar-refractivity contribution in [3.63, 3.8) is 0 Å². The molecule has 0 aliphatic carbocycles. The predicted molar refractivity (Wildman–Crippen MR) is 38.0 cm³/mol. The molecule has 0 bridgehead atoms. The molecule has 12 heavy (non-hydrogen) atoms. The Morgan fingerprint density at radius 2 is 2.33 bits per heavy atom. The summed E-state index contributed by atoms with van der Waals surface area (Å²) in [6.45, 7) is 1.41. The normalized spacial score (nSPS) is 29.3. The molecule has 1 N–H and O–H groups in total. The Morgan fingerprint density at radius 3 is 2.67 bits per heavy atom. The lowest BCUT2D eigenvalue weighted by atomic mass is 9.99. The van der Waals surface area contributed by atoms with Crippen molar-refractivity contribution in [2.75, 3.05) is 13.2 Å². The molecule has 1 aliphatic rings. The van der Waals surface area contributed by atoms with Crippen molar-refractivity contribution >= 4 is 5.91 Å². The van der Waals surface area contributed by atoms with Crippen LogP contribution in [0.5, 0.6) is 0 Å². The topological polar surface area (TPSA) is 38.3 Å². The van der Waals surface area contributed by atoms with Gasteiger partial charge < -0.3 is 10.1 Å². The van der Waals surface area contributed by atoms with Crippen molar-refractivity contribution in [3.05, 3.63) is 0 Å². The van der Waals surface area contributed by atoms with Gasteiger partial charge >= 0.3 is 0 Å². The summed E-state index contributed by atoms with van der Waals surface area (Å²) in [4.78, 5) is 10.6. The smallest absolute Gasteiger partial charge is 0.263 e. The first kappa shape index (κ1) is 9.38. The van der Waals surface area contributed by atoms with E-state index in [0.717, 1.165) is 0 Å². The Morgan fingerprint density at radius 1 is 1.67 bits per heavy atom. The lowest BCUT2D eigenvalue weighted by Crippen LogP contribution is -2.53. The number of rotatable bonds is 2. The van der Waals surface area contributed by atoms with Gasteiger partial charge in [-0.3, -0.25) is 4.79 Å². The van der Waals surface area contributed by atoms with Gasteiger partial charge in [-0.1, -0.05) is 0 Å². The maximum absolute atomic E-state index is 12.5. The van der Waals surface area contributed by atoms with Gasteiger partial charge in [0.2, 0.25) is 5.91 Å². The molecule has 1 fully saturated rings. The molecule has 0 radical (unpaired) electrons. The molecular weight excluding hydrogens is 168 g/mol. The number of ether oxygens (including phenoxy) is 1. The summed E-state index contributed by atoms with van der Waals surface area (Å²) >= 11 is 0. The summed E-state index contributed by atoms with van der Waals surface area (Å²) in [5.74, 6) is -0.444. The first-order valence-corrected chi connectivity index (χ1v) is 3.71. The summed E-state index contributed by atoms with van der Waals surface area (Å²) in [5, 5.41) is 2.24. The molecular formula is C7H11F2NO2. The third-order valence-electron chi connectivity index (χ3n) is 1.89. The van der Waals surface area contributed by atoms with Crippen molar-refractivity contribution in [1.29, 1.82) is 0 Å².